The van der Waals surface area contributed by atoms with Gasteiger partial charge < -0.3 is 13.8 Å². The zero-order valence-corrected chi connectivity index (χ0v) is 13.2. The van der Waals surface area contributed by atoms with Crippen molar-refractivity contribution in [2.75, 3.05) is 24.7 Å². The summed E-state index contributed by atoms with van der Waals surface area (Å²) in [5, 5.41) is 0.737. The lowest BCUT2D eigenvalue weighted by Crippen LogP contribution is -2.43. The van der Waals surface area contributed by atoms with E-state index in [-0.39, 0.29) is 11.8 Å². The van der Waals surface area contributed by atoms with Crippen molar-refractivity contribution in [2.24, 2.45) is 0 Å². The van der Waals surface area contributed by atoms with Gasteiger partial charge in [0.15, 0.2) is 12.0 Å². The Morgan fingerprint density at radius 3 is 2.91 bits per heavy atom. The van der Waals surface area contributed by atoms with E-state index in [1.165, 1.54) is 6.07 Å². The lowest BCUT2D eigenvalue weighted by Gasteiger charge is -2.35. The van der Waals surface area contributed by atoms with Crippen molar-refractivity contribution >= 4 is 28.6 Å². The predicted molar refractivity (Wildman–Crippen MR) is 83.6 cm³/mol. The van der Waals surface area contributed by atoms with Crippen LogP contribution in [0.25, 0.3) is 10.9 Å². The van der Waals surface area contributed by atoms with E-state index in [0.717, 1.165) is 17.6 Å². The number of aromatic nitrogens is 1. The van der Waals surface area contributed by atoms with Crippen molar-refractivity contribution in [1.82, 2.24) is 4.98 Å². The lowest BCUT2D eigenvalue weighted by molar-refractivity contribution is -0.0369. The number of morpholine rings is 1. The fraction of sp³-hybridized carbons (Fsp3) is 0.400. The summed E-state index contributed by atoms with van der Waals surface area (Å²) in [6.07, 6.45) is 1.77. The zero-order valence-electron chi connectivity index (χ0n) is 12.3. The number of hydrogen-bond acceptors (Lipinski definition) is 5. The minimum Gasteiger partial charge on any atom is -0.417 e. The van der Waals surface area contributed by atoms with E-state index in [9.17, 15) is 13.2 Å². The Kier molecular flexibility index (Phi) is 4.54. The molecule has 0 aliphatic carbocycles. The Morgan fingerprint density at radius 2 is 2.17 bits per heavy atom. The molecule has 1 unspecified atom stereocenters. The van der Waals surface area contributed by atoms with Crippen LogP contribution in [0.15, 0.2) is 30.5 Å². The molecule has 1 aromatic carbocycles. The molecule has 8 heteroatoms. The molecule has 124 valence electrons. The summed E-state index contributed by atoms with van der Waals surface area (Å²) in [6, 6.07) is 6.83. The third-order valence-electron chi connectivity index (χ3n) is 3.57. The molecule has 2 heterocycles. The van der Waals surface area contributed by atoms with Gasteiger partial charge in [-0.1, -0.05) is 0 Å². The largest absolute Gasteiger partial charge is 0.479 e. The topological polar surface area (TPSA) is 34.6 Å². The summed E-state index contributed by atoms with van der Waals surface area (Å²) in [5.74, 6) is 0.147. The lowest BCUT2D eigenvalue weighted by atomic mass is 10.1. The molecule has 0 N–H and O–H groups in total. The molecule has 1 aliphatic heterocycles. The minimum atomic E-state index is -4.43. The van der Waals surface area contributed by atoms with Crippen molar-refractivity contribution in [3.8, 4) is 5.75 Å². The van der Waals surface area contributed by atoms with Crippen LogP contribution >= 0.6 is 12.0 Å². The van der Waals surface area contributed by atoms with Crippen molar-refractivity contribution < 1.29 is 22.1 Å². The maximum atomic E-state index is 12.2. The fourth-order valence-corrected chi connectivity index (χ4v) is 2.81. The molecule has 4 nitrogen and oxygen atoms in total. The molecule has 1 atom stereocenters. The summed E-state index contributed by atoms with van der Waals surface area (Å²) < 4.78 is 46.8. The van der Waals surface area contributed by atoms with Crippen molar-refractivity contribution in [2.45, 2.75) is 18.5 Å². The van der Waals surface area contributed by atoms with E-state index >= 15 is 0 Å². The Balaban J connectivity index is 1.85. The Morgan fingerprint density at radius 1 is 1.35 bits per heavy atom. The van der Waals surface area contributed by atoms with Gasteiger partial charge in [-0.05, 0) is 31.2 Å². The standard InChI is InChI=1S/C15H15F3N2O2S/c1-10-9-21-5-4-20(10)12-6-11-7-13(22-23-15(16,17)18)2-3-14(11)19-8-12/h2-3,6-8,10H,4-5,9H2,1H3. The average molecular weight is 344 g/mol. The highest BCUT2D eigenvalue weighted by atomic mass is 32.2. The second kappa shape index (κ2) is 6.45. The van der Waals surface area contributed by atoms with Gasteiger partial charge in [0.05, 0.1) is 30.6 Å². The first-order valence-corrected chi connectivity index (χ1v) is 7.83. The molecule has 0 radical (unpaired) electrons. The van der Waals surface area contributed by atoms with Crippen LogP contribution in [0.3, 0.4) is 0 Å². The molecule has 0 bridgehead atoms. The number of hydrogen-bond donors (Lipinski definition) is 0. The Labute approximate surface area is 135 Å². The first-order valence-electron chi connectivity index (χ1n) is 7.09. The van der Waals surface area contributed by atoms with Crippen LogP contribution in [-0.4, -0.2) is 36.3 Å². The third-order valence-corrected chi connectivity index (χ3v) is 4.03. The molecular weight excluding hydrogens is 329 g/mol. The summed E-state index contributed by atoms with van der Waals surface area (Å²) in [7, 11) is 0. The first kappa shape index (κ1) is 16.2. The Bertz CT molecular complexity index is 696. The molecule has 23 heavy (non-hydrogen) atoms. The van der Waals surface area contributed by atoms with E-state index in [4.69, 9.17) is 8.92 Å². The molecule has 0 spiro atoms. The van der Waals surface area contributed by atoms with Crippen LogP contribution in [0.2, 0.25) is 0 Å². The zero-order chi connectivity index (χ0) is 16.4. The normalized spacial score (nSPS) is 19.1. The molecule has 3 rings (SSSR count). The number of fused-ring (bicyclic) bond motifs is 1. The molecule has 0 amide bonds. The molecule has 1 saturated heterocycles. The minimum absolute atomic E-state index is 0.147. The highest BCUT2D eigenvalue weighted by Gasteiger charge is 2.31. The number of rotatable bonds is 3. The number of benzene rings is 1. The van der Waals surface area contributed by atoms with E-state index in [2.05, 4.69) is 16.8 Å². The van der Waals surface area contributed by atoms with Crippen LogP contribution in [0.4, 0.5) is 18.9 Å². The number of nitrogens with zero attached hydrogens (tertiary/aromatic N) is 2. The molecule has 1 aromatic heterocycles. The maximum Gasteiger partial charge on any atom is 0.479 e. The van der Waals surface area contributed by atoms with E-state index < -0.39 is 17.6 Å². The SMILES string of the molecule is CC1COCCN1c1cnc2ccc(OSC(F)(F)F)cc2c1. The summed E-state index contributed by atoms with van der Waals surface area (Å²) >= 11 is -0.519. The molecule has 1 aliphatic rings. The Hall–Kier alpha value is -1.67. The van der Waals surface area contributed by atoms with Gasteiger partial charge in [0, 0.05) is 18.0 Å². The average Bonchev–Trinajstić information content (AvgIpc) is 2.52. The molecule has 1 fully saturated rings. The van der Waals surface area contributed by atoms with Crippen LogP contribution in [0, 0.1) is 0 Å². The number of pyridine rings is 1. The number of anilines is 1. The van der Waals surface area contributed by atoms with E-state index in [1.807, 2.05) is 6.07 Å². The van der Waals surface area contributed by atoms with E-state index in [0.29, 0.717) is 18.7 Å². The van der Waals surface area contributed by atoms with Gasteiger partial charge in [-0.25, -0.2) is 0 Å². The van der Waals surface area contributed by atoms with Gasteiger partial charge in [-0.2, -0.15) is 13.2 Å². The van der Waals surface area contributed by atoms with Gasteiger partial charge in [0.25, 0.3) is 0 Å². The first-order chi connectivity index (χ1) is 10.9. The molecular formula is C15H15F3N2O2S. The second-order valence-electron chi connectivity index (χ2n) is 5.28. The predicted octanol–water partition coefficient (Wildman–Crippen LogP) is 4.01. The van der Waals surface area contributed by atoms with Gasteiger partial charge in [0.2, 0.25) is 0 Å². The maximum absolute atomic E-state index is 12.2. The number of halogens is 3. The smallest absolute Gasteiger partial charge is 0.417 e. The van der Waals surface area contributed by atoms with Crippen molar-refractivity contribution in [1.29, 1.82) is 0 Å². The quantitative estimate of drug-likeness (QED) is 0.786. The van der Waals surface area contributed by atoms with Crippen molar-refractivity contribution in [3.63, 3.8) is 0 Å². The number of ether oxygens (including phenoxy) is 1. The van der Waals surface area contributed by atoms with Crippen LogP contribution in [0.5, 0.6) is 5.75 Å². The number of alkyl halides is 3. The van der Waals surface area contributed by atoms with Crippen LogP contribution in [0.1, 0.15) is 6.92 Å². The van der Waals surface area contributed by atoms with Crippen LogP contribution < -0.4 is 9.08 Å². The third kappa shape index (κ3) is 4.00. The van der Waals surface area contributed by atoms with Gasteiger partial charge in [-0.15, -0.1) is 0 Å². The van der Waals surface area contributed by atoms with Gasteiger partial charge >= 0.3 is 5.51 Å². The summed E-state index contributed by atoms with van der Waals surface area (Å²) in [6.45, 7) is 4.11. The highest BCUT2D eigenvalue weighted by Crippen LogP contribution is 2.34. The molecule has 2 aromatic rings. The summed E-state index contributed by atoms with van der Waals surface area (Å²) in [5.41, 5.74) is -2.80. The van der Waals surface area contributed by atoms with Crippen LogP contribution in [-0.2, 0) is 4.74 Å². The second-order valence-corrected chi connectivity index (χ2v) is 6.07. The van der Waals surface area contributed by atoms with Crippen molar-refractivity contribution in [3.05, 3.63) is 30.5 Å². The van der Waals surface area contributed by atoms with E-state index in [1.54, 1.807) is 18.3 Å². The fourth-order valence-electron chi connectivity index (χ4n) is 2.51. The monoisotopic (exact) mass is 344 g/mol. The molecule has 0 saturated carbocycles. The summed E-state index contributed by atoms with van der Waals surface area (Å²) in [4.78, 5) is 6.55. The van der Waals surface area contributed by atoms with Gasteiger partial charge in [-0.3, -0.25) is 4.98 Å². The highest BCUT2D eigenvalue weighted by molar-refractivity contribution is 7.95. The van der Waals surface area contributed by atoms with Gasteiger partial charge in [0.1, 0.15) is 5.75 Å².